The molecule has 6 nitrogen and oxygen atoms in total. The number of anilines is 9. The summed E-state index contributed by atoms with van der Waals surface area (Å²) in [6.07, 6.45) is 0. The second-order valence-corrected chi connectivity index (χ2v) is 37.8. The van der Waals surface area contributed by atoms with Crippen molar-refractivity contribution in [1.82, 2.24) is 13.7 Å². The van der Waals surface area contributed by atoms with E-state index in [1.54, 1.807) is 0 Å². The van der Waals surface area contributed by atoms with Crippen LogP contribution in [0.4, 0.5) is 51.2 Å². The number of para-hydroxylation sites is 6. The van der Waals surface area contributed by atoms with Crippen LogP contribution in [0.5, 0.6) is 0 Å². The van der Waals surface area contributed by atoms with Crippen molar-refractivity contribution in [2.75, 3.05) is 14.7 Å². The Bertz CT molecular complexity index is 9710. The standard InChI is InChI=1S/C50H34N2.2C46H32N2/c1-3-12-35(13-4-1)36-22-27-41(28-23-36)51(42-29-24-38(25-30-42)45-20-11-15-37-14-7-8-18-44(37)45)43-31-33-46-39(34-43)26-32-48-47-19-9-10-21-49(47)52(50(46)48)40-16-5-2-6-17-40;1-4-13-33(14-5-1)35-23-26-39(27-24-35)47(40-20-12-17-36(31-40)34-15-6-2-7-16-34)41-28-30-42-37(32-41)25-29-44-43-21-10-11-22-45(43)48(46(42)44)38-18-8-3-9-19-38;1-4-13-33(14-5-1)35-23-26-39(27-24-35)48-45-22-11-10-21-43(45)44-29-25-37-32-41(28-30-42(37)46(44)48)47(38-18-8-3-9-19-38)40-20-12-17-36(31-40)34-15-6-2-7-16-34/h1-34H;2*1-32H. The molecule has 148 heavy (non-hydrogen) atoms. The fourth-order valence-electron chi connectivity index (χ4n) is 22.1. The number of hydrogen-bond acceptors (Lipinski definition) is 3. The van der Waals surface area contributed by atoms with Crippen LogP contribution in [-0.4, -0.2) is 13.7 Å². The van der Waals surface area contributed by atoms with Crippen molar-refractivity contribution in [1.29, 1.82) is 0 Å². The van der Waals surface area contributed by atoms with Crippen molar-refractivity contribution in [3.05, 3.63) is 595 Å². The van der Waals surface area contributed by atoms with Gasteiger partial charge in [0.15, 0.2) is 0 Å². The molecule has 0 spiro atoms. The summed E-state index contributed by atoms with van der Waals surface area (Å²) in [7, 11) is 0. The molecular formula is C142H98N6. The van der Waals surface area contributed by atoms with Crippen LogP contribution < -0.4 is 14.7 Å². The van der Waals surface area contributed by atoms with Crippen LogP contribution in [0.1, 0.15) is 0 Å². The normalized spacial score (nSPS) is 11.4. The van der Waals surface area contributed by atoms with Gasteiger partial charge in [0.05, 0.1) is 33.1 Å². The molecule has 0 amide bonds. The van der Waals surface area contributed by atoms with E-state index >= 15 is 0 Å². The van der Waals surface area contributed by atoms with E-state index in [0.717, 1.165) is 68.2 Å². The van der Waals surface area contributed by atoms with Gasteiger partial charge in [-0.15, -0.1) is 0 Å². The zero-order valence-electron chi connectivity index (χ0n) is 81.3. The highest BCUT2D eigenvalue weighted by atomic mass is 15.2. The second kappa shape index (κ2) is 39.0. The molecule has 6 heteroatoms. The van der Waals surface area contributed by atoms with Crippen LogP contribution >= 0.6 is 0 Å². The molecule has 0 saturated carbocycles. The maximum absolute atomic E-state index is 2.43. The van der Waals surface area contributed by atoms with Gasteiger partial charge in [-0.1, -0.05) is 431 Å². The van der Waals surface area contributed by atoms with Crippen LogP contribution in [0.25, 0.3) is 192 Å². The average Bonchev–Trinajstić information content (AvgIpc) is 1.58. The van der Waals surface area contributed by atoms with Crippen LogP contribution in [0.3, 0.4) is 0 Å². The van der Waals surface area contributed by atoms with Crippen molar-refractivity contribution >= 4 is 160 Å². The van der Waals surface area contributed by atoms with E-state index in [9.17, 15) is 0 Å². The Morgan fingerprint density at radius 2 is 0.345 bits per heavy atom. The fraction of sp³-hybridized carbons (Fsp3) is 0. The van der Waals surface area contributed by atoms with Gasteiger partial charge < -0.3 is 28.4 Å². The summed E-state index contributed by atoms with van der Waals surface area (Å²) in [5.41, 5.74) is 35.3. The lowest BCUT2D eigenvalue weighted by atomic mass is 9.98. The molecule has 3 aromatic heterocycles. The molecule has 0 aliphatic heterocycles. The monoisotopic (exact) mass is 1890 g/mol. The molecule has 0 aliphatic rings. The predicted molar refractivity (Wildman–Crippen MR) is 629 cm³/mol. The summed E-state index contributed by atoms with van der Waals surface area (Å²) in [4.78, 5) is 7.10. The minimum Gasteiger partial charge on any atom is -0.310 e. The lowest BCUT2D eigenvalue weighted by Crippen LogP contribution is -2.10. The highest BCUT2D eigenvalue weighted by Gasteiger charge is 2.25. The molecule has 3 heterocycles. The first-order chi connectivity index (χ1) is 73.4. The van der Waals surface area contributed by atoms with Crippen molar-refractivity contribution in [2.45, 2.75) is 0 Å². The first-order valence-electron chi connectivity index (χ1n) is 50.7. The molecule has 0 radical (unpaired) electrons. The number of hydrogen-bond donors (Lipinski definition) is 0. The Morgan fingerprint density at radius 1 is 0.115 bits per heavy atom. The highest BCUT2D eigenvalue weighted by Crippen LogP contribution is 2.49. The van der Waals surface area contributed by atoms with E-state index in [1.165, 1.54) is 175 Å². The summed E-state index contributed by atoms with van der Waals surface area (Å²) in [6, 6.07) is 214. The van der Waals surface area contributed by atoms with Crippen molar-refractivity contribution < 1.29 is 0 Å². The number of benzene rings is 25. The third-order valence-corrected chi connectivity index (χ3v) is 29.1. The van der Waals surface area contributed by atoms with Crippen molar-refractivity contribution in [3.8, 4) is 83.8 Å². The largest absolute Gasteiger partial charge is 0.310 e. The van der Waals surface area contributed by atoms with E-state index in [1.807, 2.05) is 0 Å². The fourth-order valence-corrected chi connectivity index (χ4v) is 22.1. The molecule has 0 saturated heterocycles. The molecule has 696 valence electrons. The number of nitrogens with zero attached hydrogens (tertiary/aromatic N) is 6. The van der Waals surface area contributed by atoms with Gasteiger partial charge in [0, 0.05) is 117 Å². The first kappa shape index (κ1) is 88.5. The van der Waals surface area contributed by atoms with Crippen LogP contribution in [0, 0.1) is 0 Å². The summed E-state index contributed by atoms with van der Waals surface area (Å²) in [6.45, 7) is 0. The summed E-state index contributed by atoms with van der Waals surface area (Å²) in [5, 5.41) is 17.4. The van der Waals surface area contributed by atoms with Crippen molar-refractivity contribution in [3.63, 3.8) is 0 Å². The summed E-state index contributed by atoms with van der Waals surface area (Å²) in [5.74, 6) is 0. The Labute approximate surface area is 860 Å². The van der Waals surface area contributed by atoms with E-state index in [-0.39, 0.29) is 0 Å². The third kappa shape index (κ3) is 16.7. The van der Waals surface area contributed by atoms with E-state index in [4.69, 9.17) is 0 Å². The quantitative estimate of drug-likeness (QED) is 0.0856. The summed E-state index contributed by atoms with van der Waals surface area (Å²) >= 11 is 0. The SMILES string of the molecule is c1ccc(-c2ccc(-n3c4ccccc4c4ccc5cc(N(c6ccccc6)c6cccc(-c7ccccc7)c6)ccc5c43)cc2)cc1.c1ccc(-c2ccc(N(c3ccc(-c4cccc5ccccc45)cc3)c3ccc4c(ccc5c6ccccc6n(-c6ccccc6)c45)c3)cc2)cc1.c1ccc(-c2ccc(N(c3cccc(-c4ccccc4)c3)c3ccc4c(ccc5c6ccccc6n(-c6ccccc6)c45)c3)cc2)cc1. The lowest BCUT2D eigenvalue weighted by Gasteiger charge is -2.27. The van der Waals surface area contributed by atoms with E-state index < -0.39 is 0 Å². The molecule has 0 aliphatic carbocycles. The third-order valence-electron chi connectivity index (χ3n) is 29.1. The van der Waals surface area contributed by atoms with Gasteiger partial charge >= 0.3 is 0 Å². The van der Waals surface area contributed by atoms with Gasteiger partial charge in [-0.05, 0) is 257 Å². The Morgan fingerprint density at radius 3 is 0.709 bits per heavy atom. The molecule has 28 aromatic rings. The van der Waals surface area contributed by atoms with E-state index in [2.05, 4.69) is 623 Å². The Kier molecular flexibility index (Phi) is 23.3. The van der Waals surface area contributed by atoms with E-state index in [0.29, 0.717) is 0 Å². The second-order valence-electron chi connectivity index (χ2n) is 37.8. The Hall–Kier alpha value is -19.7. The highest BCUT2D eigenvalue weighted by molar-refractivity contribution is 6.22. The number of aromatic nitrogens is 3. The molecule has 25 aromatic carbocycles. The maximum Gasteiger partial charge on any atom is 0.0619 e. The first-order valence-corrected chi connectivity index (χ1v) is 50.7. The molecule has 28 rings (SSSR count). The molecule has 0 atom stereocenters. The van der Waals surface area contributed by atoms with Gasteiger partial charge in [0.1, 0.15) is 0 Å². The van der Waals surface area contributed by atoms with Crippen LogP contribution in [0.15, 0.2) is 595 Å². The Balaban J connectivity index is 0.000000112. The molecule has 0 fully saturated rings. The van der Waals surface area contributed by atoms with Crippen LogP contribution in [0.2, 0.25) is 0 Å². The minimum atomic E-state index is 1.11. The molecule has 0 unspecified atom stereocenters. The smallest absolute Gasteiger partial charge is 0.0619 e. The molecular weight excluding hydrogens is 1790 g/mol. The van der Waals surface area contributed by atoms with Gasteiger partial charge in [-0.3, -0.25) is 0 Å². The van der Waals surface area contributed by atoms with Gasteiger partial charge in [0.2, 0.25) is 0 Å². The number of rotatable bonds is 18. The minimum absolute atomic E-state index is 1.11. The van der Waals surface area contributed by atoms with Gasteiger partial charge in [0.25, 0.3) is 0 Å². The summed E-state index contributed by atoms with van der Waals surface area (Å²) < 4.78 is 7.26. The topological polar surface area (TPSA) is 24.5 Å². The van der Waals surface area contributed by atoms with Crippen LogP contribution in [-0.2, 0) is 0 Å². The maximum atomic E-state index is 2.43. The number of fused-ring (bicyclic) bond motifs is 16. The van der Waals surface area contributed by atoms with Gasteiger partial charge in [-0.2, -0.15) is 0 Å². The van der Waals surface area contributed by atoms with Gasteiger partial charge in [-0.25, -0.2) is 0 Å². The predicted octanol–water partition coefficient (Wildman–Crippen LogP) is 39.4. The average molecular weight is 1890 g/mol. The zero-order valence-corrected chi connectivity index (χ0v) is 81.3. The van der Waals surface area contributed by atoms with Crippen molar-refractivity contribution in [2.24, 2.45) is 0 Å². The molecule has 0 bridgehead atoms. The zero-order chi connectivity index (χ0) is 98.2. The lowest BCUT2D eigenvalue weighted by molar-refractivity contribution is 1.19. The molecule has 0 N–H and O–H groups in total.